The Balaban J connectivity index is 2.07. The number of hydrogen-bond donors (Lipinski definition) is 1. The summed E-state index contributed by atoms with van der Waals surface area (Å²) in [6.45, 7) is 7.75. The number of aromatic nitrogens is 4. The molecule has 1 N–H and O–H groups in total. The molecular formula is C16H23N5OS. The highest BCUT2D eigenvalue weighted by Gasteiger charge is 2.15. The molecule has 0 spiro atoms. The molecule has 0 aliphatic heterocycles. The molecule has 0 saturated heterocycles. The predicted molar refractivity (Wildman–Crippen MR) is 92.1 cm³/mol. The summed E-state index contributed by atoms with van der Waals surface area (Å²) in [5, 5.41) is 12.2. The molecule has 2 aromatic heterocycles. The number of carbonyl (C=O) groups is 1. The van der Waals surface area contributed by atoms with Crippen LogP contribution in [0.15, 0.2) is 29.6 Å². The van der Waals surface area contributed by atoms with Crippen LogP contribution >= 0.6 is 11.8 Å². The average Bonchev–Trinajstić information content (AvgIpc) is 2.95. The number of nitrogens with one attached hydrogen (secondary N) is 1. The molecule has 2 rings (SSSR count). The number of carbonyl (C=O) groups excluding carboxylic acids is 1. The molecule has 1 amide bonds. The van der Waals surface area contributed by atoms with E-state index in [2.05, 4.69) is 41.3 Å². The number of hydrogen-bond acceptors (Lipinski definition) is 5. The number of rotatable bonds is 8. The van der Waals surface area contributed by atoms with Crippen molar-refractivity contribution in [2.45, 2.75) is 38.9 Å². The summed E-state index contributed by atoms with van der Waals surface area (Å²) < 4.78 is 2.03. The van der Waals surface area contributed by atoms with E-state index in [1.807, 2.05) is 22.8 Å². The van der Waals surface area contributed by atoms with Gasteiger partial charge in [0.25, 0.3) is 0 Å². The maximum absolute atomic E-state index is 11.9. The van der Waals surface area contributed by atoms with E-state index >= 15 is 0 Å². The molecule has 6 nitrogen and oxygen atoms in total. The Morgan fingerprint density at radius 1 is 1.35 bits per heavy atom. The van der Waals surface area contributed by atoms with Crippen molar-refractivity contribution in [1.29, 1.82) is 0 Å². The summed E-state index contributed by atoms with van der Waals surface area (Å²) in [6, 6.07) is 5.72. The van der Waals surface area contributed by atoms with Crippen LogP contribution in [0.2, 0.25) is 0 Å². The normalized spacial score (nSPS) is 11.0. The van der Waals surface area contributed by atoms with Gasteiger partial charge in [0, 0.05) is 19.3 Å². The average molecular weight is 333 g/mol. The molecule has 0 saturated carbocycles. The summed E-state index contributed by atoms with van der Waals surface area (Å²) >= 11 is 1.41. The van der Waals surface area contributed by atoms with Crippen LogP contribution in [-0.2, 0) is 11.3 Å². The zero-order valence-electron chi connectivity index (χ0n) is 13.8. The lowest BCUT2D eigenvalue weighted by Gasteiger charge is -2.09. The fraction of sp³-hybridized carbons (Fsp3) is 0.500. The molecule has 2 aromatic rings. The topological polar surface area (TPSA) is 72.7 Å². The Hall–Kier alpha value is -1.89. The van der Waals surface area contributed by atoms with Crippen molar-refractivity contribution in [2.24, 2.45) is 5.92 Å². The van der Waals surface area contributed by atoms with E-state index in [-0.39, 0.29) is 5.91 Å². The van der Waals surface area contributed by atoms with Gasteiger partial charge in [-0.2, -0.15) is 0 Å². The molecule has 0 unspecified atom stereocenters. The Bertz CT molecular complexity index is 627. The standard InChI is InChI=1S/C16H23N5OS/c1-4-9-21-15(13-7-5-6-8-17-13)19-20-16(21)23-11-14(22)18-10-12(2)3/h5-8,12H,4,9-11H2,1-3H3,(H,18,22). The molecule has 124 valence electrons. The van der Waals surface area contributed by atoms with Gasteiger partial charge in [-0.1, -0.05) is 38.6 Å². The quantitative estimate of drug-likeness (QED) is 0.752. The monoisotopic (exact) mass is 333 g/mol. The minimum Gasteiger partial charge on any atom is -0.355 e. The minimum atomic E-state index is 0.0223. The van der Waals surface area contributed by atoms with Crippen LogP contribution in [0.4, 0.5) is 0 Å². The summed E-state index contributed by atoms with van der Waals surface area (Å²) in [5.41, 5.74) is 0.796. The van der Waals surface area contributed by atoms with Crippen molar-refractivity contribution in [1.82, 2.24) is 25.1 Å². The molecule has 2 heterocycles. The molecule has 0 bridgehead atoms. The van der Waals surface area contributed by atoms with Crippen molar-refractivity contribution in [2.75, 3.05) is 12.3 Å². The van der Waals surface area contributed by atoms with Crippen LogP contribution in [0.1, 0.15) is 27.2 Å². The van der Waals surface area contributed by atoms with Crippen LogP contribution in [0.5, 0.6) is 0 Å². The molecule has 0 aliphatic carbocycles. The van der Waals surface area contributed by atoms with E-state index in [0.717, 1.165) is 29.6 Å². The fourth-order valence-corrected chi connectivity index (χ4v) is 2.80. The lowest BCUT2D eigenvalue weighted by molar-refractivity contribution is -0.118. The molecule has 0 aromatic carbocycles. The molecule has 0 atom stereocenters. The van der Waals surface area contributed by atoms with Gasteiger partial charge in [0.1, 0.15) is 5.69 Å². The van der Waals surface area contributed by atoms with Crippen LogP contribution in [-0.4, -0.2) is 38.0 Å². The smallest absolute Gasteiger partial charge is 0.230 e. The first-order chi connectivity index (χ1) is 11.1. The van der Waals surface area contributed by atoms with Crippen molar-refractivity contribution in [3.05, 3.63) is 24.4 Å². The summed E-state index contributed by atoms with van der Waals surface area (Å²) in [7, 11) is 0. The van der Waals surface area contributed by atoms with Gasteiger partial charge in [-0.25, -0.2) is 0 Å². The first-order valence-electron chi connectivity index (χ1n) is 7.86. The van der Waals surface area contributed by atoms with Crippen molar-refractivity contribution < 1.29 is 4.79 Å². The van der Waals surface area contributed by atoms with Crippen LogP contribution < -0.4 is 5.32 Å². The van der Waals surface area contributed by atoms with Crippen molar-refractivity contribution in [3.8, 4) is 11.5 Å². The van der Waals surface area contributed by atoms with E-state index in [9.17, 15) is 4.79 Å². The predicted octanol–water partition coefficient (Wildman–Crippen LogP) is 2.61. The van der Waals surface area contributed by atoms with E-state index in [1.165, 1.54) is 11.8 Å². The van der Waals surface area contributed by atoms with Crippen LogP contribution in [0.3, 0.4) is 0 Å². The summed E-state index contributed by atoms with van der Waals surface area (Å²) in [5.74, 6) is 1.56. The van der Waals surface area contributed by atoms with Crippen molar-refractivity contribution >= 4 is 17.7 Å². The van der Waals surface area contributed by atoms with Crippen LogP contribution in [0, 0.1) is 5.92 Å². The number of pyridine rings is 1. The SMILES string of the molecule is CCCn1c(SCC(=O)NCC(C)C)nnc1-c1ccccn1. The number of thioether (sulfide) groups is 1. The molecule has 0 radical (unpaired) electrons. The largest absolute Gasteiger partial charge is 0.355 e. The lowest BCUT2D eigenvalue weighted by Crippen LogP contribution is -2.28. The van der Waals surface area contributed by atoms with E-state index in [0.29, 0.717) is 18.2 Å². The Kier molecular flexibility index (Phi) is 6.58. The Labute approximate surface area is 141 Å². The lowest BCUT2D eigenvalue weighted by atomic mass is 10.2. The Morgan fingerprint density at radius 2 is 2.17 bits per heavy atom. The molecule has 7 heteroatoms. The first kappa shape index (κ1) is 17.5. The Morgan fingerprint density at radius 3 is 2.83 bits per heavy atom. The van der Waals surface area contributed by atoms with Gasteiger partial charge in [-0.3, -0.25) is 9.78 Å². The zero-order valence-corrected chi connectivity index (χ0v) is 14.6. The van der Waals surface area contributed by atoms with Gasteiger partial charge in [0.2, 0.25) is 5.91 Å². The third-order valence-electron chi connectivity index (χ3n) is 3.10. The summed E-state index contributed by atoms with van der Waals surface area (Å²) in [6.07, 6.45) is 2.71. The van der Waals surface area contributed by atoms with Gasteiger partial charge >= 0.3 is 0 Å². The summed E-state index contributed by atoms with van der Waals surface area (Å²) in [4.78, 5) is 16.2. The number of amides is 1. The highest BCUT2D eigenvalue weighted by molar-refractivity contribution is 7.99. The van der Waals surface area contributed by atoms with E-state index < -0.39 is 0 Å². The minimum absolute atomic E-state index is 0.0223. The highest BCUT2D eigenvalue weighted by atomic mass is 32.2. The third kappa shape index (κ3) is 5.06. The molecule has 0 fully saturated rings. The second-order valence-electron chi connectivity index (χ2n) is 5.66. The number of nitrogens with zero attached hydrogens (tertiary/aromatic N) is 4. The van der Waals surface area contributed by atoms with E-state index in [1.54, 1.807) is 6.20 Å². The maximum atomic E-state index is 11.9. The third-order valence-corrected chi connectivity index (χ3v) is 4.06. The van der Waals surface area contributed by atoms with Gasteiger partial charge in [0.15, 0.2) is 11.0 Å². The second kappa shape index (κ2) is 8.67. The highest BCUT2D eigenvalue weighted by Crippen LogP contribution is 2.22. The fourth-order valence-electron chi connectivity index (χ4n) is 2.00. The molecular weight excluding hydrogens is 310 g/mol. The second-order valence-corrected chi connectivity index (χ2v) is 6.60. The first-order valence-corrected chi connectivity index (χ1v) is 8.84. The molecule has 0 aliphatic rings. The zero-order chi connectivity index (χ0) is 16.7. The van der Waals surface area contributed by atoms with Crippen molar-refractivity contribution in [3.63, 3.8) is 0 Å². The van der Waals surface area contributed by atoms with Gasteiger partial charge in [0.05, 0.1) is 5.75 Å². The van der Waals surface area contributed by atoms with Gasteiger partial charge in [-0.15, -0.1) is 10.2 Å². The maximum Gasteiger partial charge on any atom is 0.230 e. The van der Waals surface area contributed by atoms with Gasteiger partial charge < -0.3 is 9.88 Å². The van der Waals surface area contributed by atoms with Gasteiger partial charge in [-0.05, 0) is 24.5 Å². The van der Waals surface area contributed by atoms with Crippen LogP contribution in [0.25, 0.3) is 11.5 Å². The van der Waals surface area contributed by atoms with E-state index in [4.69, 9.17) is 0 Å². The molecule has 23 heavy (non-hydrogen) atoms.